The van der Waals surface area contributed by atoms with E-state index in [4.69, 9.17) is 0 Å². The highest BCUT2D eigenvalue weighted by atomic mass is 14.9. The highest BCUT2D eigenvalue weighted by molar-refractivity contribution is 5.62. The van der Waals surface area contributed by atoms with Crippen LogP contribution in [0.15, 0.2) is 36.7 Å². The number of nitrogens with zero attached hydrogens (tertiary/aromatic N) is 2. The average molecular weight is 268 g/mol. The maximum Gasteiger partial charge on any atom is 0.133 e. The quantitative estimate of drug-likeness (QED) is 0.746. The largest absolute Gasteiger partial charge is 0.240 e. The highest BCUT2D eigenvalue weighted by Crippen LogP contribution is 2.27. The van der Waals surface area contributed by atoms with Crippen LogP contribution in [0.5, 0.6) is 0 Å². The van der Waals surface area contributed by atoms with Gasteiger partial charge in [-0.25, -0.2) is 9.97 Å². The summed E-state index contributed by atoms with van der Waals surface area (Å²) in [5.41, 5.74) is 3.73. The van der Waals surface area contributed by atoms with Crippen molar-refractivity contribution in [1.29, 1.82) is 0 Å². The van der Waals surface area contributed by atoms with Crippen molar-refractivity contribution in [2.75, 3.05) is 0 Å². The number of hydrogen-bond donors (Lipinski definition) is 0. The van der Waals surface area contributed by atoms with Gasteiger partial charge in [0, 0.05) is 23.4 Å². The molecule has 0 amide bonds. The molecule has 0 N–H and O–H groups in total. The lowest BCUT2D eigenvalue weighted by molar-refractivity contribution is 0.545. The van der Waals surface area contributed by atoms with Crippen LogP contribution in [0.1, 0.15) is 52.9 Å². The minimum absolute atomic E-state index is 0.00815. The molecular weight excluding hydrogens is 244 g/mol. The number of hydrogen-bond acceptors (Lipinski definition) is 2. The molecule has 0 aliphatic carbocycles. The molecule has 0 radical (unpaired) electrons. The fourth-order valence-corrected chi connectivity index (χ4v) is 2.03. The molecule has 0 fully saturated rings. The summed E-state index contributed by atoms with van der Waals surface area (Å²) in [7, 11) is 0. The molecule has 2 aromatic rings. The van der Waals surface area contributed by atoms with Crippen LogP contribution in [0.3, 0.4) is 0 Å². The standard InChI is InChI=1S/C18H24N2/c1-17(2,3)15-9-7-8-13(10-15)14-11-19-16(20-12-14)18(4,5)6/h7-12H,1-6H3. The van der Waals surface area contributed by atoms with E-state index in [1.165, 1.54) is 11.1 Å². The van der Waals surface area contributed by atoms with Gasteiger partial charge in [-0.3, -0.25) is 0 Å². The summed E-state index contributed by atoms with van der Waals surface area (Å²) in [5, 5.41) is 0. The van der Waals surface area contributed by atoms with Gasteiger partial charge in [0.1, 0.15) is 5.82 Å². The van der Waals surface area contributed by atoms with Gasteiger partial charge in [0.05, 0.1) is 0 Å². The van der Waals surface area contributed by atoms with Gasteiger partial charge in [-0.2, -0.15) is 0 Å². The third-order valence-corrected chi connectivity index (χ3v) is 3.38. The first-order valence-corrected chi connectivity index (χ1v) is 7.11. The summed E-state index contributed by atoms with van der Waals surface area (Å²) in [5.74, 6) is 0.883. The molecule has 2 heteroatoms. The van der Waals surface area contributed by atoms with E-state index >= 15 is 0 Å². The fraction of sp³-hybridized carbons (Fsp3) is 0.444. The molecule has 0 saturated carbocycles. The van der Waals surface area contributed by atoms with Crippen molar-refractivity contribution in [2.45, 2.75) is 52.4 Å². The van der Waals surface area contributed by atoms with Crippen LogP contribution >= 0.6 is 0 Å². The second-order valence-corrected chi connectivity index (χ2v) is 7.38. The Morgan fingerprint density at radius 2 is 1.35 bits per heavy atom. The predicted octanol–water partition coefficient (Wildman–Crippen LogP) is 4.74. The Kier molecular flexibility index (Phi) is 3.68. The number of rotatable bonds is 1. The van der Waals surface area contributed by atoms with Crippen molar-refractivity contribution in [1.82, 2.24) is 9.97 Å². The highest BCUT2D eigenvalue weighted by Gasteiger charge is 2.17. The molecule has 0 aliphatic rings. The van der Waals surface area contributed by atoms with Crippen LogP contribution in [0.4, 0.5) is 0 Å². The molecule has 0 aliphatic heterocycles. The molecule has 0 bridgehead atoms. The third-order valence-electron chi connectivity index (χ3n) is 3.38. The molecule has 0 spiro atoms. The van der Waals surface area contributed by atoms with E-state index in [2.05, 4.69) is 75.8 Å². The summed E-state index contributed by atoms with van der Waals surface area (Å²) < 4.78 is 0. The lowest BCUT2D eigenvalue weighted by Crippen LogP contribution is -2.15. The van der Waals surface area contributed by atoms with Crippen molar-refractivity contribution >= 4 is 0 Å². The third kappa shape index (κ3) is 3.24. The van der Waals surface area contributed by atoms with Gasteiger partial charge >= 0.3 is 0 Å². The molecule has 1 aromatic carbocycles. The Bertz CT molecular complexity index is 584. The number of benzene rings is 1. The summed E-state index contributed by atoms with van der Waals surface area (Å²) in [6.07, 6.45) is 3.85. The molecule has 2 nitrogen and oxygen atoms in total. The molecule has 0 atom stereocenters. The fourth-order valence-electron chi connectivity index (χ4n) is 2.03. The van der Waals surface area contributed by atoms with Gasteiger partial charge in [0.15, 0.2) is 0 Å². The SMILES string of the molecule is CC(C)(C)c1cccc(-c2cnc(C(C)(C)C)nc2)c1. The first-order chi connectivity index (χ1) is 9.18. The molecule has 0 unspecified atom stereocenters. The molecule has 20 heavy (non-hydrogen) atoms. The Labute approximate surface area is 122 Å². The van der Waals surface area contributed by atoms with E-state index in [1.54, 1.807) is 0 Å². The second kappa shape index (κ2) is 5.01. The molecular formula is C18H24N2. The zero-order chi connectivity index (χ0) is 15.0. The van der Waals surface area contributed by atoms with Crippen LogP contribution in [0.25, 0.3) is 11.1 Å². The Morgan fingerprint density at radius 3 is 1.85 bits per heavy atom. The van der Waals surface area contributed by atoms with Crippen LogP contribution in [-0.2, 0) is 10.8 Å². The lowest BCUT2D eigenvalue weighted by Gasteiger charge is -2.20. The second-order valence-electron chi connectivity index (χ2n) is 7.38. The Balaban J connectivity index is 2.38. The zero-order valence-electron chi connectivity index (χ0n) is 13.4. The Hall–Kier alpha value is -1.70. The van der Waals surface area contributed by atoms with Crippen LogP contribution in [0, 0.1) is 0 Å². The maximum absolute atomic E-state index is 4.51. The molecule has 106 valence electrons. The minimum atomic E-state index is -0.00815. The average Bonchev–Trinajstić information content (AvgIpc) is 2.37. The van der Waals surface area contributed by atoms with Gasteiger partial charge in [0.25, 0.3) is 0 Å². The van der Waals surface area contributed by atoms with Crippen molar-refractivity contribution in [3.8, 4) is 11.1 Å². The first kappa shape index (κ1) is 14.7. The van der Waals surface area contributed by atoms with Gasteiger partial charge in [-0.05, 0) is 16.5 Å². The van der Waals surface area contributed by atoms with E-state index < -0.39 is 0 Å². The molecule has 1 heterocycles. The van der Waals surface area contributed by atoms with E-state index in [0.29, 0.717) is 0 Å². The summed E-state index contributed by atoms with van der Waals surface area (Å²) in [6.45, 7) is 13.1. The summed E-state index contributed by atoms with van der Waals surface area (Å²) in [6, 6.07) is 8.63. The van der Waals surface area contributed by atoms with Gasteiger partial charge < -0.3 is 0 Å². The van der Waals surface area contributed by atoms with Gasteiger partial charge in [0.2, 0.25) is 0 Å². The predicted molar refractivity (Wildman–Crippen MR) is 84.9 cm³/mol. The zero-order valence-corrected chi connectivity index (χ0v) is 13.4. The maximum atomic E-state index is 4.51. The topological polar surface area (TPSA) is 25.8 Å². The van der Waals surface area contributed by atoms with Gasteiger partial charge in [-0.15, -0.1) is 0 Å². The molecule has 2 rings (SSSR count). The molecule has 0 saturated heterocycles. The van der Waals surface area contributed by atoms with Crippen LogP contribution in [0.2, 0.25) is 0 Å². The van der Waals surface area contributed by atoms with Crippen molar-refractivity contribution in [3.05, 3.63) is 48.0 Å². The van der Waals surface area contributed by atoms with E-state index in [1.807, 2.05) is 12.4 Å². The normalized spacial score (nSPS) is 12.5. The smallest absolute Gasteiger partial charge is 0.133 e. The van der Waals surface area contributed by atoms with Crippen molar-refractivity contribution < 1.29 is 0 Å². The number of aromatic nitrogens is 2. The van der Waals surface area contributed by atoms with Crippen molar-refractivity contribution in [2.24, 2.45) is 0 Å². The Morgan fingerprint density at radius 1 is 0.750 bits per heavy atom. The van der Waals surface area contributed by atoms with Gasteiger partial charge in [-0.1, -0.05) is 65.8 Å². The van der Waals surface area contributed by atoms with E-state index in [-0.39, 0.29) is 10.8 Å². The lowest BCUT2D eigenvalue weighted by atomic mass is 9.85. The minimum Gasteiger partial charge on any atom is -0.240 e. The first-order valence-electron chi connectivity index (χ1n) is 7.11. The van der Waals surface area contributed by atoms with E-state index in [0.717, 1.165) is 11.4 Å². The van der Waals surface area contributed by atoms with Crippen LogP contribution in [-0.4, -0.2) is 9.97 Å². The summed E-state index contributed by atoms with van der Waals surface area (Å²) in [4.78, 5) is 9.01. The molecule has 1 aromatic heterocycles. The van der Waals surface area contributed by atoms with E-state index in [9.17, 15) is 0 Å². The van der Waals surface area contributed by atoms with Crippen LogP contribution < -0.4 is 0 Å². The van der Waals surface area contributed by atoms with Crippen molar-refractivity contribution in [3.63, 3.8) is 0 Å². The summed E-state index contributed by atoms with van der Waals surface area (Å²) >= 11 is 0. The monoisotopic (exact) mass is 268 g/mol.